The van der Waals surface area contributed by atoms with Crippen LogP contribution in [0.25, 0.3) is 0 Å². The van der Waals surface area contributed by atoms with Crippen LogP contribution in [0, 0.1) is 0 Å². The molecule has 11 nitrogen and oxygen atoms in total. The smallest absolute Gasteiger partial charge is 0.466 e. The first-order valence-electron chi connectivity index (χ1n) is 3.52. The lowest BCUT2D eigenvalue weighted by molar-refractivity contribution is -0.134. The number of rotatable bonds is 0. The van der Waals surface area contributed by atoms with Gasteiger partial charge in [0.15, 0.2) is 0 Å². The molecule has 0 aromatic heterocycles. The monoisotopic (exact) mass is 302 g/mol. The van der Waals surface area contributed by atoms with Gasteiger partial charge in [-0.15, -0.1) is 0 Å². The molecule has 13 heteroatoms. The van der Waals surface area contributed by atoms with Gasteiger partial charge in [0.2, 0.25) is 0 Å². The molecule has 0 rings (SSSR count). The summed E-state index contributed by atoms with van der Waals surface area (Å²) in [6, 6.07) is 0. The number of hydrogen-bond acceptors (Lipinski definition) is 4. The predicted molar refractivity (Wildman–Crippen MR) is 54.6 cm³/mol. The number of carboxylic acid groups (broad SMARTS) is 1. The minimum atomic E-state index is -4.64. The van der Waals surface area contributed by atoms with Crippen molar-refractivity contribution in [1.82, 2.24) is 0 Å². The van der Waals surface area contributed by atoms with Gasteiger partial charge < -0.3 is 39.6 Å². The first kappa shape index (κ1) is 25.5. The van der Waals surface area contributed by atoms with Gasteiger partial charge in [-0.3, -0.25) is 4.79 Å². The lowest BCUT2D eigenvalue weighted by Crippen LogP contribution is -1.78. The molecule has 17 heavy (non-hydrogen) atoms. The van der Waals surface area contributed by atoms with Crippen molar-refractivity contribution in [1.29, 1.82) is 0 Å². The third-order valence-corrected chi connectivity index (χ3v) is 0. The summed E-state index contributed by atoms with van der Waals surface area (Å²) in [6.45, 7) is 3.01. The minimum Gasteiger partial charge on any atom is -0.481 e. The maximum atomic E-state index is 9.00. The third-order valence-electron chi connectivity index (χ3n) is 0. The average Bonchev–Trinajstić information content (AvgIpc) is 1.74. The van der Waals surface area contributed by atoms with Crippen LogP contribution in [0.3, 0.4) is 0 Å². The van der Waals surface area contributed by atoms with Crippen LogP contribution in [0.15, 0.2) is 0 Å². The van der Waals surface area contributed by atoms with E-state index in [1.54, 1.807) is 6.92 Å². The van der Waals surface area contributed by atoms with Crippen molar-refractivity contribution in [2.75, 3.05) is 6.61 Å². The quantitative estimate of drug-likeness (QED) is 0.234. The maximum Gasteiger partial charge on any atom is 0.466 e. The molecule has 108 valence electrons. The second kappa shape index (κ2) is 13.7. The molecule has 0 aliphatic carbocycles. The second-order valence-electron chi connectivity index (χ2n) is 1.86. The molecule has 0 heterocycles. The standard InChI is InChI=1S/C2H4O2.C2H6O.2H3O4P/c1-2(3)4;1-2-3;2*1-5(2,3)4/h1H3,(H,3,4);3H,2H2,1H3;2*(H3,1,2,3,4). The fraction of sp³-hybridized carbons (Fsp3) is 0.750. The highest BCUT2D eigenvalue weighted by molar-refractivity contribution is 7.45. The van der Waals surface area contributed by atoms with E-state index in [0.717, 1.165) is 6.92 Å². The van der Waals surface area contributed by atoms with Crippen LogP contribution in [0.2, 0.25) is 0 Å². The lowest BCUT2D eigenvalue weighted by Gasteiger charge is -1.82. The maximum absolute atomic E-state index is 9.00. The lowest BCUT2D eigenvalue weighted by atomic mass is 10.9. The molecule has 0 spiro atoms. The Balaban J connectivity index is -0.0000000676. The number of carbonyl (C=O) groups is 1. The predicted octanol–water partition coefficient (Wildman–Crippen LogP) is -1.77. The fourth-order valence-electron chi connectivity index (χ4n) is 0. The number of aliphatic carboxylic acids is 1. The van der Waals surface area contributed by atoms with Gasteiger partial charge in [-0.25, -0.2) is 9.13 Å². The van der Waals surface area contributed by atoms with Crippen molar-refractivity contribution in [2.45, 2.75) is 13.8 Å². The highest BCUT2D eigenvalue weighted by Crippen LogP contribution is 2.26. The van der Waals surface area contributed by atoms with Crippen LogP contribution in [0.5, 0.6) is 0 Å². The van der Waals surface area contributed by atoms with Crippen molar-refractivity contribution in [3.05, 3.63) is 0 Å². The van der Waals surface area contributed by atoms with E-state index in [1.165, 1.54) is 0 Å². The molecule has 0 atom stereocenters. The highest BCUT2D eigenvalue weighted by Gasteiger charge is 2.00. The zero-order valence-electron chi connectivity index (χ0n) is 8.90. The summed E-state index contributed by atoms with van der Waals surface area (Å²) in [5.41, 5.74) is 0. The van der Waals surface area contributed by atoms with Crippen LogP contribution in [0.4, 0.5) is 0 Å². The number of carboxylic acids is 1. The Morgan fingerprint density at radius 1 is 0.941 bits per heavy atom. The van der Waals surface area contributed by atoms with E-state index in [1.807, 2.05) is 0 Å². The van der Waals surface area contributed by atoms with Gasteiger partial charge in [0.25, 0.3) is 5.97 Å². The Labute approximate surface area is 96.5 Å². The second-order valence-corrected chi connectivity index (χ2v) is 3.91. The van der Waals surface area contributed by atoms with Crippen LogP contribution in [-0.4, -0.2) is 52.1 Å². The zero-order chi connectivity index (χ0) is 15.3. The summed E-state index contributed by atoms with van der Waals surface area (Å²) in [4.78, 5) is 52.1. The van der Waals surface area contributed by atoms with E-state index in [0.29, 0.717) is 0 Å². The molecule has 0 saturated carbocycles. The molecule has 0 bridgehead atoms. The van der Waals surface area contributed by atoms with Crippen LogP contribution < -0.4 is 0 Å². The van der Waals surface area contributed by atoms with E-state index < -0.39 is 21.6 Å². The molecule has 0 aromatic carbocycles. The summed E-state index contributed by atoms with van der Waals surface area (Å²) < 4.78 is 17.8. The molecule has 0 amide bonds. The first-order chi connectivity index (χ1) is 7.15. The summed E-state index contributed by atoms with van der Waals surface area (Å²) in [7, 11) is -9.28. The Bertz CT molecular complexity index is 210. The van der Waals surface area contributed by atoms with Gasteiger partial charge in [-0.2, -0.15) is 0 Å². The molecule has 0 radical (unpaired) electrons. The summed E-state index contributed by atoms with van der Waals surface area (Å²) >= 11 is 0. The van der Waals surface area contributed by atoms with E-state index in [9.17, 15) is 0 Å². The van der Waals surface area contributed by atoms with Crippen molar-refractivity contribution < 1.29 is 53.5 Å². The Morgan fingerprint density at radius 3 is 0.941 bits per heavy atom. The normalized spacial score (nSPS) is 9.47. The molecular formula is C4H16O11P2. The first-order valence-corrected chi connectivity index (χ1v) is 6.65. The van der Waals surface area contributed by atoms with Gasteiger partial charge in [0, 0.05) is 13.5 Å². The third kappa shape index (κ3) is 23800. The highest BCUT2D eigenvalue weighted by atomic mass is 31.2. The van der Waals surface area contributed by atoms with E-state index in [2.05, 4.69) is 0 Å². The fourth-order valence-corrected chi connectivity index (χ4v) is 0. The number of aliphatic hydroxyl groups is 1. The van der Waals surface area contributed by atoms with Crippen LogP contribution in [-0.2, 0) is 13.9 Å². The van der Waals surface area contributed by atoms with Crippen LogP contribution in [0.1, 0.15) is 13.8 Å². The summed E-state index contributed by atoms with van der Waals surface area (Å²) in [5, 5.41) is 15.0. The summed E-state index contributed by atoms with van der Waals surface area (Å²) in [6.07, 6.45) is 0. The van der Waals surface area contributed by atoms with Crippen LogP contribution >= 0.6 is 15.6 Å². The van der Waals surface area contributed by atoms with Crippen molar-refractivity contribution in [3.8, 4) is 0 Å². The van der Waals surface area contributed by atoms with E-state index >= 15 is 0 Å². The molecule has 0 saturated heterocycles. The molecule has 0 aliphatic rings. The molecule has 0 unspecified atom stereocenters. The number of phosphoric acid groups is 2. The Hall–Kier alpha value is -0.350. The molecular weight excluding hydrogens is 286 g/mol. The molecule has 0 aliphatic heterocycles. The molecule has 0 fully saturated rings. The SMILES string of the molecule is CC(=O)O.CCO.O=P(O)(O)O.O=P(O)(O)O. The van der Waals surface area contributed by atoms with Gasteiger partial charge >= 0.3 is 15.6 Å². The summed E-state index contributed by atoms with van der Waals surface area (Å²) in [5.74, 6) is -0.833. The van der Waals surface area contributed by atoms with Gasteiger partial charge in [0.05, 0.1) is 0 Å². The van der Waals surface area contributed by atoms with Crippen molar-refractivity contribution in [2.24, 2.45) is 0 Å². The number of hydrogen-bond donors (Lipinski definition) is 8. The average molecular weight is 302 g/mol. The topological polar surface area (TPSA) is 213 Å². The zero-order valence-corrected chi connectivity index (χ0v) is 10.7. The Kier molecular flexibility index (Phi) is 20.6. The molecule has 0 aromatic rings. The van der Waals surface area contributed by atoms with Gasteiger partial charge in [-0.1, -0.05) is 0 Å². The van der Waals surface area contributed by atoms with E-state index in [-0.39, 0.29) is 6.61 Å². The minimum absolute atomic E-state index is 0.250. The van der Waals surface area contributed by atoms with E-state index in [4.69, 9.17) is 53.5 Å². The Morgan fingerprint density at radius 2 is 0.941 bits per heavy atom. The van der Waals surface area contributed by atoms with Crippen molar-refractivity contribution >= 4 is 21.6 Å². The van der Waals surface area contributed by atoms with Crippen molar-refractivity contribution in [3.63, 3.8) is 0 Å². The molecule has 8 N–H and O–H groups in total. The number of aliphatic hydroxyl groups excluding tert-OH is 1. The van der Waals surface area contributed by atoms with Gasteiger partial charge in [-0.05, 0) is 6.92 Å². The van der Waals surface area contributed by atoms with Gasteiger partial charge in [0.1, 0.15) is 0 Å². The largest absolute Gasteiger partial charge is 0.481 e.